The van der Waals surface area contributed by atoms with Crippen molar-refractivity contribution in [1.82, 2.24) is 20.1 Å². The standard InChI is InChI=1S/C16H24N4O/c1-16(2,3)15-13(11-20(4)19-15)10-17-9-12-6-7-18-14(8-12)21-5/h6-8,11,17H,9-10H2,1-5H3. The maximum absolute atomic E-state index is 5.13. The van der Waals surface area contributed by atoms with Gasteiger partial charge in [-0.15, -0.1) is 0 Å². The summed E-state index contributed by atoms with van der Waals surface area (Å²) < 4.78 is 7.02. The van der Waals surface area contributed by atoms with Crippen LogP contribution in [0.3, 0.4) is 0 Å². The minimum absolute atomic E-state index is 0.0537. The Bertz CT molecular complexity index is 599. The van der Waals surface area contributed by atoms with Gasteiger partial charge in [0.15, 0.2) is 0 Å². The Morgan fingerprint density at radius 1 is 1.29 bits per heavy atom. The highest BCUT2D eigenvalue weighted by atomic mass is 16.5. The minimum atomic E-state index is 0.0537. The maximum Gasteiger partial charge on any atom is 0.213 e. The van der Waals surface area contributed by atoms with Crippen LogP contribution in [0.5, 0.6) is 5.88 Å². The summed E-state index contributed by atoms with van der Waals surface area (Å²) in [7, 11) is 3.59. The zero-order valence-corrected chi connectivity index (χ0v) is 13.5. The molecule has 5 heteroatoms. The molecule has 0 aliphatic carbocycles. The van der Waals surface area contributed by atoms with E-state index < -0.39 is 0 Å². The number of nitrogens with one attached hydrogen (secondary N) is 1. The predicted octanol–water partition coefficient (Wildman–Crippen LogP) is 2.41. The lowest BCUT2D eigenvalue weighted by atomic mass is 9.89. The highest BCUT2D eigenvalue weighted by Crippen LogP contribution is 2.24. The maximum atomic E-state index is 5.13. The summed E-state index contributed by atoms with van der Waals surface area (Å²) >= 11 is 0. The van der Waals surface area contributed by atoms with Gasteiger partial charge in [-0.25, -0.2) is 4.98 Å². The van der Waals surface area contributed by atoms with Crippen LogP contribution in [0.4, 0.5) is 0 Å². The van der Waals surface area contributed by atoms with Crippen molar-refractivity contribution in [2.45, 2.75) is 39.3 Å². The Labute approximate surface area is 126 Å². The summed E-state index contributed by atoms with van der Waals surface area (Å²) in [4.78, 5) is 4.11. The number of rotatable bonds is 5. The molecule has 2 rings (SSSR count). The molecule has 114 valence electrons. The predicted molar refractivity (Wildman–Crippen MR) is 83.2 cm³/mol. The minimum Gasteiger partial charge on any atom is -0.481 e. The summed E-state index contributed by atoms with van der Waals surface area (Å²) in [5.41, 5.74) is 3.59. The molecule has 0 radical (unpaired) electrons. The first-order chi connectivity index (χ1) is 9.90. The van der Waals surface area contributed by atoms with Crippen LogP contribution < -0.4 is 10.1 Å². The zero-order chi connectivity index (χ0) is 15.5. The average Bonchev–Trinajstić information content (AvgIpc) is 2.80. The van der Waals surface area contributed by atoms with Gasteiger partial charge in [0.05, 0.1) is 12.8 Å². The van der Waals surface area contributed by atoms with E-state index in [1.807, 2.05) is 23.9 Å². The van der Waals surface area contributed by atoms with Gasteiger partial charge in [0.25, 0.3) is 0 Å². The quantitative estimate of drug-likeness (QED) is 0.918. The first kappa shape index (κ1) is 15.5. The molecule has 0 bridgehead atoms. The van der Waals surface area contributed by atoms with Crippen molar-refractivity contribution in [3.05, 3.63) is 41.3 Å². The summed E-state index contributed by atoms with van der Waals surface area (Å²) in [6.45, 7) is 8.13. The van der Waals surface area contributed by atoms with Gasteiger partial charge < -0.3 is 10.1 Å². The van der Waals surface area contributed by atoms with Crippen molar-refractivity contribution >= 4 is 0 Å². The van der Waals surface area contributed by atoms with Crippen LogP contribution in [0.15, 0.2) is 24.5 Å². The Kier molecular flexibility index (Phi) is 4.63. The lowest BCUT2D eigenvalue weighted by Crippen LogP contribution is -2.19. The Hall–Kier alpha value is -1.88. The first-order valence-corrected chi connectivity index (χ1v) is 7.13. The Balaban J connectivity index is 2.00. The van der Waals surface area contributed by atoms with E-state index in [1.165, 1.54) is 5.56 Å². The zero-order valence-electron chi connectivity index (χ0n) is 13.5. The number of aryl methyl sites for hydroxylation is 1. The van der Waals surface area contributed by atoms with E-state index in [0.717, 1.165) is 24.3 Å². The Morgan fingerprint density at radius 3 is 2.71 bits per heavy atom. The topological polar surface area (TPSA) is 52.0 Å². The fraction of sp³-hybridized carbons (Fsp3) is 0.500. The normalized spacial score (nSPS) is 11.7. The van der Waals surface area contributed by atoms with Gasteiger partial charge in [-0.1, -0.05) is 20.8 Å². The molecule has 0 fully saturated rings. The van der Waals surface area contributed by atoms with Crippen molar-refractivity contribution in [2.24, 2.45) is 7.05 Å². The molecule has 2 aromatic heterocycles. The number of hydrogen-bond acceptors (Lipinski definition) is 4. The third kappa shape index (κ3) is 4.04. The molecule has 0 aliphatic heterocycles. The Morgan fingerprint density at radius 2 is 2.05 bits per heavy atom. The molecule has 0 atom stereocenters. The van der Waals surface area contributed by atoms with Gasteiger partial charge in [-0.05, 0) is 11.6 Å². The van der Waals surface area contributed by atoms with Crippen molar-refractivity contribution in [3.8, 4) is 5.88 Å². The first-order valence-electron chi connectivity index (χ1n) is 7.13. The molecule has 0 aliphatic rings. The van der Waals surface area contributed by atoms with Crippen LogP contribution in [0, 0.1) is 0 Å². The number of nitrogens with zero attached hydrogens (tertiary/aromatic N) is 3. The van der Waals surface area contributed by atoms with Crippen LogP contribution in [0.2, 0.25) is 0 Å². The van der Waals surface area contributed by atoms with Crippen molar-refractivity contribution in [3.63, 3.8) is 0 Å². The van der Waals surface area contributed by atoms with Gasteiger partial charge in [-0.3, -0.25) is 4.68 Å². The lowest BCUT2D eigenvalue weighted by Gasteiger charge is -2.17. The summed E-state index contributed by atoms with van der Waals surface area (Å²) in [5, 5.41) is 8.04. The molecule has 0 saturated carbocycles. The van der Waals surface area contributed by atoms with Gasteiger partial charge in [0, 0.05) is 49.6 Å². The van der Waals surface area contributed by atoms with E-state index in [1.54, 1.807) is 13.3 Å². The highest BCUT2D eigenvalue weighted by Gasteiger charge is 2.21. The molecule has 2 heterocycles. The SMILES string of the molecule is COc1cc(CNCc2cn(C)nc2C(C)(C)C)ccn1. The molecule has 1 N–H and O–H groups in total. The molecule has 21 heavy (non-hydrogen) atoms. The number of hydrogen-bond donors (Lipinski definition) is 1. The van der Waals surface area contributed by atoms with Crippen molar-refractivity contribution < 1.29 is 4.74 Å². The third-order valence-corrected chi connectivity index (χ3v) is 3.27. The fourth-order valence-corrected chi connectivity index (χ4v) is 2.31. The molecule has 0 amide bonds. The van der Waals surface area contributed by atoms with Gasteiger partial charge in [0.1, 0.15) is 0 Å². The van der Waals surface area contributed by atoms with Crippen LogP contribution in [-0.4, -0.2) is 21.9 Å². The number of aromatic nitrogens is 3. The number of methoxy groups -OCH3 is 1. The number of ether oxygens (including phenoxy) is 1. The van der Waals surface area contributed by atoms with Crippen molar-refractivity contribution in [1.29, 1.82) is 0 Å². The molecule has 0 unspecified atom stereocenters. The molecular weight excluding hydrogens is 264 g/mol. The van der Waals surface area contributed by atoms with E-state index in [-0.39, 0.29) is 5.41 Å². The van der Waals surface area contributed by atoms with Gasteiger partial charge in [0.2, 0.25) is 5.88 Å². The second-order valence-electron chi connectivity index (χ2n) is 6.24. The van der Waals surface area contributed by atoms with E-state index in [2.05, 4.69) is 42.4 Å². The fourth-order valence-electron chi connectivity index (χ4n) is 2.31. The molecule has 0 aromatic carbocycles. The van der Waals surface area contributed by atoms with Crippen molar-refractivity contribution in [2.75, 3.05) is 7.11 Å². The van der Waals surface area contributed by atoms with Crippen LogP contribution in [0.25, 0.3) is 0 Å². The highest BCUT2D eigenvalue weighted by molar-refractivity contribution is 5.24. The summed E-state index contributed by atoms with van der Waals surface area (Å²) in [6.07, 6.45) is 3.85. The molecule has 5 nitrogen and oxygen atoms in total. The summed E-state index contributed by atoms with van der Waals surface area (Å²) in [5.74, 6) is 0.644. The second kappa shape index (κ2) is 6.26. The van der Waals surface area contributed by atoms with Gasteiger partial charge in [-0.2, -0.15) is 5.10 Å². The average molecular weight is 288 g/mol. The van der Waals surface area contributed by atoms with Crippen LogP contribution in [0.1, 0.15) is 37.6 Å². The van der Waals surface area contributed by atoms with Gasteiger partial charge >= 0.3 is 0 Å². The molecule has 0 spiro atoms. The molecular formula is C16H24N4O. The summed E-state index contributed by atoms with van der Waals surface area (Å²) in [6, 6.07) is 3.93. The second-order valence-corrected chi connectivity index (χ2v) is 6.24. The smallest absolute Gasteiger partial charge is 0.213 e. The van der Waals surface area contributed by atoms with Crippen LogP contribution >= 0.6 is 0 Å². The molecule has 2 aromatic rings. The van der Waals surface area contributed by atoms with E-state index in [4.69, 9.17) is 4.74 Å². The van der Waals surface area contributed by atoms with Crippen LogP contribution in [-0.2, 0) is 25.6 Å². The lowest BCUT2D eigenvalue weighted by molar-refractivity contribution is 0.397. The third-order valence-electron chi connectivity index (χ3n) is 3.27. The van der Waals surface area contributed by atoms with E-state index in [0.29, 0.717) is 5.88 Å². The van der Waals surface area contributed by atoms with E-state index >= 15 is 0 Å². The largest absolute Gasteiger partial charge is 0.481 e. The number of pyridine rings is 1. The monoisotopic (exact) mass is 288 g/mol. The molecule has 0 saturated heterocycles. The van der Waals surface area contributed by atoms with E-state index in [9.17, 15) is 0 Å².